The molecule has 16 heavy (non-hydrogen) atoms. The van der Waals surface area contributed by atoms with Gasteiger partial charge in [-0.05, 0) is 23.8 Å². The molecule has 0 aliphatic heterocycles. The van der Waals surface area contributed by atoms with Crippen LogP contribution in [0.4, 0.5) is 0 Å². The maximum atomic E-state index is 9.12. The van der Waals surface area contributed by atoms with Crippen molar-refractivity contribution in [3.05, 3.63) is 65.7 Å². The third-order valence-corrected chi connectivity index (χ3v) is 2.31. The summed E-state index contributed by atoms with van der Waals surface area (Å²) >= 11 is 0. The molecule has 0 saturated heterocycles. The van der Waals surface area contributed by atoms with Crippen molar-refractivity contribution in [2.24, 2.45) is 0 Å². The van der Waals surface area contributed by atoms with Crippen LogP contribution in [0.1, 0.15) is 11.1 Å². The minimum Gasteiger partial charge on any atom is -0.489 e. The van der Waals surface area contributed by atoms with E-state index in [1.165, 1.54) is 0 Å². The highest BCUT2D eigenvalue weighted by atomic mass is 16.5. The molecular formula is C14H13O2. The fraction of sp³-hybridized carbons (Fsp3) is 0.143. The summed E-state index contributed by atoms with van der Waals surface area (Å²) in [6.07, 6.45) is 0. The van der Waals surface area contributed by atoms with Gasteiger partial charge in [-0.15, -0.1) is 0 Å². The molecule has 2 heteroatoms. The fourth-order valence-electron chi connectivity index (χ4n) is 1.45. The van der Waals surface area contributed by atoms with Gasteiger partial charge in [0, 0.05) is 5.56 Å². The van der Waals surface area contributed by atoms with Gasteiger partial charge in [-0.3, -0.25) is 0 Å². The lowest BCUT2D eigenvalue weighted by Crippen LogP contribution is -1.98. The molecule has 0 amide bonds. The largest absolute Gasteiger partial charge is 0.489 e. The van der Waals surface area contributed by atoms with Crippen molar-refractivity contribution < 1.29 is 9.84 Å². The predicted octanol–water partition coefficient (Wildman–Crippen LogP) is 2.56. The summed E-state index contributed by atoms with van der Waals surface area (Å²) in [6, 6.07) is 18.2. The zero-order valence-corrected chi connectivity index (χ0v) is 8.89. The van der Waals surface area contributed by atoms with E-state index in [0.717, 1.165) is 11.1 Å². The number of benzene rings is 2. The predicted molar refractivity (Wildman–Crippen MR) is 62.0 cm³/mol. The third-order valence-electron chi connectivity index (χ3n) is 2.31. The first kappa shape index (κ1) is 10.7. The van der Waals surface area contributed by atoms with E-state index in [1.54, 1.807) is 12.1 Å². The van der Waals surface area contributed by atoms with E-state index in [4.69, 9.17) is 9.84 Å². The lowest BCUT2D eigenvalue weighted by Gasteiger charge is -2.09. The summed E-state index contributed by atoms with van der Waals surface area (Å²) in [5, 5.41) is 9.12. The molecule has 0 aliphatic rings. The van der Waals surface area contributed by atoms with E-state index < -0.39 is 0 Å². The second-order valence-electron chi connectivity index (χ2n) is 3.47. The Bertz CT molecular complexity index is 437. The van der Waals surface area contributed by atoms with E-state index in [2.05, 4.69) is 6.07 Å². The monoisotopic (exact) mass is 213 g/mol. The second kappa shape index (κ2) is 5.33. The molecule has 2 rings (SSSR count). The number of hydrogen-bond donors (Lipinski definition) is 1. The Hall–Kier alpha value is -1.80. The molecule has 0 bridgehead atoms. The normalized spacial score (nSPS) is 10.1. The quantitative estimate of drug-likeness (QED) is 0.845. The standard InChI is InChI=1S/C14H13O2/c15-10-13-8-4-5-9-14(13)16-11-12-6-2-1-3-7-12/h1-3,5-9,15H,10-11H2. The number of aliphatic hydroxyl groups is 1. The second-order valence-corrected chi connectivity index (χ2v) is 3.47. The van der Waals surface area contributed by atoms with Crippen molar-refractivity contribution in [1.29, 1.82) is 0 Å². The summed E-state index contributed by atoms with van der Waals surface area (Å²) < 4.78 is 5.63. The van der Waals surface area contributed by atoms with Crippen LogP contribution in [0, 0.1) is 6.07 Å². The summed E-state index contributed by atoms with van der Waals surface area (Å²) in [6.45, 7) is 0.485. The lowest BCUT2D eigenvalue weighted by atomic mass is 10.2. The Labute approximate surface area is 95.1 Å². The van der Waals surface area contributed by atoms with Gasteiger partial charge in [0.25, 0.3) is 0 Å². The Morgan fingerprint density at radius 2 is 1.94 bits per heavy atom. The van der Waals surface area contributed by atoms with Gasteiger partial charge in [-0.1, -0.05) is 36.4 Å². The molecule has 0 unspecified atom stereocenters. The number of aliphatic hydroxyl groups excluding tert-OH is 1. The Morgan fingerprint density at radius 1 is 1.12 bits per heavy atom. The molecule has 0 heterocycles. The first-order chi connectivity index (χ1) is 7.90. The highest BCUT2D eigenvalue weighted by Crippen LogP contribution is 2.18. The van der Waals surface area contributed by atoms with Gasteiger partial charge >= 0.3 is 0 Å². The molecule has 0 saturated carbocycles. The topological polar surface area (TPSA) is 29.5 Å². The number of rotatable bonds is 4. The summed E-state index contributed by atoms with van der Waals surface area (Å²) in [7, 11) is 0. The molecule has 0 spiro atoms. The van der Waals surface area contributed by atoms with Crippen molar-refractivity contribution in [3.8, 4) is 5.75 Å². The molecule has 81 valence electrons. The van der Waals surface area contributed by atoms with Gasteiger partial charge in [0.2, 0.25) is 0 Å². The minimum absolute atomic E-state index is 0.0263. The molecule has 0 fully saturated rings. The van der Waals surface area contributed by atoms with Crippen LogP contribution in [-0.4, -0.2) is 5.11 Å². The van der Waals surface area contributed by atoms with Gasteiger partial charge in [0.1, 0.15) is 12.4 Å². The highest BCUT2D eigenvalue weighted by molar-refractivity contribution is 5.32. The summed E-state index contributed by atoms with van der Waals surface area (Å²) in [5.41, 5.74) is 1.87. The Balaban J connectivity index is 2.05. The van der Waals surface area contributed by atoms with Gasteiger partial charge in [-0.25, -0.2) is 0 Å². The first-order valence-electron chi connectivity index (χ1n) is 5.16. The fourth-order valence-corrected chi connectivity index (χ4v) is 1.45. The van der Waals surface area contributed by atoms with E-state index in [9.17, 15) is 0 Å². The van der Waals surface area contributed by atoms with Crippen LogP contribution in [0.5, 0.6) is 5.75 Å². The smallest absolute Gasteiger partial charge is 0.125 e. The molecule has 1 N–H and O–H groups in total. The first-order valence-corrected chi connectivity index (χ1v) is 5.16. The Morgan fingerprint density at radius 3 is 2.69 bits per heavy atom. The lowest BCUT2D eigenvalue weighted by molar-refractivity contribution is 0.259. The maximum Gasteiger partial charge on any atom is 0.125 e. The van der Waals surface area contributed by atoms with Crippen molar-refractivity contribution in [2.45, 2.75) is 13.2 Å². The van der Waals surface area contributed by atoms with E-state index >= 15 is 0 Å². The maximum absolute atomic E-state index is 9.12. The number of ether oxygens (including phenoxy) is 1. The molecule has 2 aromatic carbocycles. The molecule has 0 atom stereocenters. The molecule has 0 aliphatic carbocycles. The molecular weight excluding hydrogens is 200 g/mol. The molecule has 2 aromatic rings. The van der Waals surface area contributed by atoms with Gasteiger partial charge in [0.05, 0.1) is 6.61 Å². The van der Waals surface area contributed by atoms with Crippen LogP contribution in [0.3, 0.4) is 0 Å². The van der Waals surface area contributed by atoms with E-state index in [0.29, 0.717) is 12.4 Å². The van der Waals surface area contributed by atoms with Crippen LogP contribution in [0.2, 0.25) is 0 Å². The van der Waals surface area contributed by atoms with Crippen molar-refractivity contribution in [3.63, 3.8) is 0 Å². The van der Waals surface area contributed by atoms with Crippen LogP contribution < -0.4 is 4.74 Å². The van der Waals surface area contributed by atoms with Gasteiger partial charge < -0.3 is 9.84 Å². The average Bonchev–Trinajstić information content (AvgIpc) is 2.38. The Kier molecular flexibility index (Phi) is 3.57. The van der Waals surface area contributed by atoms with E-state index in [1.807, 2.05) is 36.4 Å². The van der Waals surface area contributed by atoms with Crippen LogP contribution in [0.25, 0.3) is 0 Å². The van der Waals surface area contributed by atoms with Gasteiger partial charge in [0.15, 0.2) is 0 Å². The van der Waals surface area contributed by atoms with Gasteiger partial charge in [-0.2, -0.15) is 0 Å². The summed E-state index contributed by atoms with van der Waals surface area (Å²) in [4.78, 5) is 0. The van der Waals surface area contributed by atoms with Crippen LogP contribution in [0.15, 0.2) is 48.5 Å². The summed E-state index contributed by atoms with van der Waals surface area (Å²) in [5.74, 6) is 0.713. The zero-order valence-electron chi connectivity index (χ0n) is 8.89. The third kappa shape index (κ3) is 2.61. The molecule has 2 nitrogen and oxygen atoms in total. The van der Waals surface area contributed by atoms with E-state index in [-0.39, 0.29) is 6.61 Å². The SMILES string of the molecule is OCc1c[c]ccc1OCc1ccccc1. The minimum atomic E-state index is -0.0263. The van der Waals surface area contributed by atoms with Crippen LogP contribution >= 0.6 is 0 Å². The zero-order chi connectivity index (χ0) is 11.2. The number of hydrogen-bond acceptors (Lipinski definition) is 2. The van der Waals surface area contributed by atoms with Crippen molar-refractivity contribution in [1.82, 2.24) is 0 Å². The molecule has 0 aromatic heterocycles. The molecule has 1 radical (unpaired) electrons. The highest BCUT2D eigenvalue weighted by Gasteiger charge is 2.01. The van der Waals surface area contributed by atoms with Crippen molar-refractivity contribution >= 4 is 0 Å². The van der Waals surface area contributed by atoms with Crippen LogP contribution in [-0.2, 0) is 13.2 Å². The average molecular weight is 213 g/mol. The van der Waals surface area contributed by atoms with Crippen molar-refractivity contribution in [2.75, 3.05) is 0 Å².